The van der Waals surface area contributed by atoms with Gasteiger partial charge in [-0.15, -0.1) is 0 Å². The molecule has 2 aromatic rings. The highest BCUT2D eigenvalue weighted by molar-refractivity contribution is 5.59. The second-order valence-corrected chi connectivity index (χ2v) is 6.92. The van der Waals surface area contributed by atoms with Gasteiger partial charge in [-0.3, -0.25) is 15.2 Å². The number of hydrogen-bond acceptors (Lipinski definition) is 4. The number of pyridine rings is 1. The normalized spacial score (nSPS) is 30.3. The molecule has 5 heteroatoms. The minimum atomic E-state index is -0.461. The molecule has 4 rings (SSSR count). The molecule has 126 valence electrons. The monoisotopic (exact) mass is 327 g/mol. The van der Waals surface area contributed by atoms with E-state index in [2.05, 4.69) is 10.3 Å². The maximum absolute atomic E-state index is 14.0. The zero-order valence-corrected chi connectivity index (χ0v) is 13.7. The third kappa shape index (κ3) is 2.53. The quantitative estimate of drug-likeness (QED) is 0.890. The number of aliphatic hydroxyl groups is 1. The molecule has 0 amide bonds. The fourth-order valence-electron chi connectivity index (χ4n) is 4.03. The van der Waals surface area contributed by atoms with E-state index in [1.165, 1.54) is 6.07 Å². The maximum Gasteiger partial charge on any atom is 0.132 e. The minimum absolute atomic E-state index is 0.0953. The van der Waals surface area contributed by atoms with Gasteiger partial charge in [-0.05, 0) is 50.6 Å². The van der Waals surface area contributed by atoms with Crippen LogP contribution in [0.25, 0.3) is 11.3 Å². The van der Waals surface area contributed by atoms with Gasteiger partial charge in [-0.25, -0.2) is 4.39 Å². The Balaban J connectivity index is 1.60. The number of aliphatic hydroxyl groups excluding tert-OH is 1. The highest BCUT2D eigenvalue weighted by atomic mass is 19.1. The SMILES string of the molecule is CN1CC[C@@]2(CC[C@H](c3cccc(-c4ccccc4F)n3)N2)C1O. The predicted octanol–water partition coefficient (Wildman–Crippen LogP) is 2.70. The molecule has 2 saturated heterocycles. The Kier molecular flexibility index (Phi) is 3.87. The molecule has 1 aromatic heterocycles. The summed E-state index contributed by atoms with van der Waals surface area (Å²) >= 11 is 0. The molecule has 1 spiro atoms. The van der Waals surface area contributed by atoms with Crippen molar-refractivity contribution in [2.75, 3.05) is 13.6 Å². The number of benzene rings is 1. The fraction of sp³-hybridized carbons (Fsp3) is 0.421. The van der Waals surface area contributed by atoms with Gasteiger partial charge in [0.25, 0.3) is 0 Å². The molecule has 0 saturated carbocycles. The van der Waals surface area contributed by atoms with Gasteiger partial charge in [0, 0.05) is 12.1 Å². The molecular formula is C19H22FN3O. The van der Waals surface area contributed by atoms with Crippen LogP contribution in [0.2, 0.25) is 0 Å². The number of nitrogens with zero attached hydrogens (tertiary/aromatic N) is 2. The van der Waals surface area contributed by atoms with Crippen LogP contribution in [-0.4, -0.2) is 40.3 Å². The Morgan fingerprint density at radius 1 is 1.21 bits per heavy atom. The van der Waals surface area contributed by atoms with Crippen molar-refractivity contribution in [3.05, 3.63) is 54.0 Å². The standard InChI is InChI=1S/C19H22FN3O/c1-23-12-11-19(18(23)24)10-9-17(22-19)16-8-4-7-15(21-16)13-5-2-3-6-14(13)20/h2-8,17-18,22,24H,9-12H2,1H3/t17-,18?,19+/m1/s1. The van der Waals surface area contributed by atoms with E-state index in [9.17, 15) is 9.50 Å². The second kappa shape index (κ2) is 5.92. The van der Waals surface area contributed by atoms with Crippen LogP contribution in [0.4, 0.5) is 4.39 Å². The van der Waals surface area contributed by atoms with Gasteiger partial charge in [-0.2, -0.15) is 0 Å². The zero-order chi connectivity index (χ0) is 16.7. The molecule has 2 aliphatic heterocycles. The van der Waals surface area contributed by atoms with Crippen molar-refractivity contribution >= 4 is 0 Å². The molecule has 0 radical (unpaired) electrons. The van der Waals surface area contributed by atoms with Crippen molar-refractivity contribution in [2.24, 2.45) is 0 Å². The molecule has 2 aliphatic rings. The summed E-state index contributed by atoms with van der Waals surface area (Å²) in [5, 5.41) is 14.1. The molecule has 3 heterocycles. The van der Waals surface area contributed by atoms with Crippen molar-refractivity contribution in [2.45, 2.75) is 37.1 Å². The first kappa shape index (κ1) is 15.7. The molecule has 1 unspecified atom stereocenters. The molecule has 2 fully saturated rings. The molecule has 0 aliphatic carbocycles. The molecule has 0 bridgehead atoms. The van der Waals surface area contributed by atoms with Crippen molar-refractivity contribution < 1.29 is 9.50 Å². The Morgan fingerprint density at radius 3 is 2.79 bits per heavy atom. The van der Waals surface area contributed by atoms with Gasteiger partial charge in [-0.1, -0.05) is 18.2 Å². The lowest BCUT2D eigenvalue weighted by Crippen LogP contribution is -2.50. The van der Waals surface area contributed by atoms with Gasteiger partial charge in [0.05, 0.1) is 23.0 Å². The van der Waals surface area contributed by atoms with Crippen LogP contribution in [0.5, 0.6) is 0 Å². The van der Waals surface area contributed by atoms with Crippen molar-refractivity contribution in [1.82, 2.24) is 15.2 Å². The van der Waals surface area contributed by atoms with E-state index in [4.69, 9.17) is 0 Å². The lowest BCUT2D eigenvalue weighted by molar-refractivity contribution is 0.00111. The van der Waals surface area contributed by atoms with E-state index in [0.717, 1.165) is 31.5 Å². The Morgan fingerprint density at radius 2 is 2.04 bits per heavy atom. The van der Waals surface area contributed by atoms with Crippen LogP contribution < -0.4 is 5.32 Å². The molecule has 2 N–H and O–H groups in total. The van der Waals surface area contributed by atoms with E-state index in [1.54, 1.807) is 12.1 Å². The van der Waals surface area contributed by atoms with E-state index >= 15 is 0 Å². The van der Waals surface area contributed by atoms with E-state index in [-0.39, 0.29) is 17.4 Å². The summed E-state index contributed by atoms with van der Waals surface area (Å²) in [4.78, 5) is 6.67. The Hall–Kier alpha value is -1.82. The minimum Gasteiger partial charge on any atom is -0.376 e. The average Bonchev–Trinajstić information content (AvgIpc) is 3.16. The summed E-state index contributed by atoms with van der Waals surface area (Å²) in [6, 6.07) is 12.5. The summed E-state index contributed by atoms with van der Waals surface area (Å²) in [6.45, 7) is 0.892. The van der Waals surface area contributed by atoms with Gasteiger partial charge in [0.2, 0.25) is 0 Å². The maximum atomic E-state index is 14.0. The first-order chi connectivity index (χ1) is 11.6. The lowest BCUT2D eigenvalue weighted by atomic mass is 9.95. The summed E-state index contributed by atoms with van der Waals surface area (Å²) in [5.74, 6) is -0.258. The summed E-state index contributed by atoms with van der Waals surface area (Å²) in [7, 11) is 1.95. The Bertz CT molecular complexity index is 753. The van der Waals surface area contributed by atoms with Crippen LogP contribution in [0.15, 0.2) is 42.5 Å². The summed E-state index contributed by atoms with van der Waals surface area (Å²) < 4.78 is 14.0. The molecule has 3 atom stereocenters. The van der Waals surface area contributed by atoms with E-state index < -0.39 is 6.23 Å². The molecule has 4 nitrogen and oxygen atoms in total. The summed E-state index contributed by atoms with van der Waals surface area (Å²) in [6.07, 6.45) is 2.33. The van der Waals surface area contributed by atoms with E-state index in [0.29, 0.717) is 11.3 Å². The third-order valence-electron chi connectivity index (χ3n) is 5.44. The number of likely N-dealkylation sites (N-methyl/N-ethyl adjacent to an activating group) is 1. The van der Waals surface area contributed by atoms with Gasteiger partial charge >= 0.3 is 0 Å². The first-order valence-electron chi connectivity index (χ1n) is 8.47. The number of aromatic nitrogens is 1. The zero-order valence-electron chi connectivity index (χ0n) is 13.7. The van der Waals surface area contributed by atoms with Gasteiger partial charge < -0.3 is 5.11 Å². The van der Waals surface area contributed by atoms with Crippen molar-refractivity contribution in [1.29, 1.82) is 0 Å². The van der Waals surface area contributed by atoms with Crippen LogP contribution in [0.3, 0.4) is 0 Å². The van der Waals surface area contributed by atoms with E-state index in [1.807, 2.05) is 36.2 Å². The van der Waals surface area contributed by atoms with Crippen LogP contribution in [0, 0.1) is 5.82 Å². The second-order valence-electron chi connectivity index (χ2n) is 6.92. The number of likely N-dealkylation sites (tertiary alicyclic amines) is 1. The third-order valence-corrected chi connectivity index (χ3v) is 5.44. The molecular weight excluding hydrogens is 305 g/mol. The molecule has 24 heavy (non-hydrogen) atoms. The average molecular weight is 327 g/mol. The highest BCUT2D eigenvalue weighted by Crippen LogP contribution is 2.40. The largest absolute Gasteiger partial charge is 0.376 e. The number of nitrogens with one attached hydrogen (secondary N) is 1. The number of halogens is 1. The topological polar surface area (TPSA) is 48.4 Å². The predicted molar refractivity (Wildman–Crippen MR) is 90.7 cm³/mol. The number of hydrogen-bond donors (Lipinski definition) is 2. The van der Waals surface area contributed by atoms with Crippen LogP contribution in [-0.2, 0) is 0 Å². The Labute approximate surface area is 141 Å². The lowest BCUT2D eigenvalue weighted by Gasteiger charge is -2.30. The summed E-state index contributed by atoms with van der Waals surface area (Å²) in [5.41, 5.74) is 1.84. The van der Waals surface area contributed by atoms with Gasteiger partial charge in [0.15, 0.2) is 0 Å². The highest BCUT2D eigenvalue weighted by Gasteiger charge is 2.50. The first-order valence-corrected chi connectivity index (χ1v) is 8.47. The molecule has 1 aromatic carbocycles. The van der Waals surface area contributed by atoms with Crippen LogP contribution in [0.1, 0.15) is 31.0 Å². The fourth-order valence-corrected chi connectivity index (χ4v) is 4.03. The van der Waals surface area contributed by atoms with Crippen molar-refractivity contribution in [3.8, 4) is 11.3 Å². The smallest absolute Gasteiger partial charge is 0.132 e. The van der Waals surface area contributed by atoms with Crippen LogP contribution >= 0.6 is 0 Å². The van der Waals surface area contributed by atoms with Gasteiger partial charge in [0.1, 0.15) is 12.0 Å². The number of rotatable bonds is 2. The van der Waals surface area contributed by atoms with Crippen molar-refractivity contribution in [3.63, 3.8) is 0 Å².